The van der Waals surface area contributed by atoms with Crippen LogP contribution in [0.2, 0.25) is 5.15 Å². The minimum Gasteiger partial charge on any atom is -0.494 e. The van der Waals surface area contributed by atoms with Gasteiger partial charge in [0.1, 0.15) is 16.5 Å². The average Bonchev–Trinajstić information content (AvgIpc) is 2.39. The van der Waals surface area contributed by atoms with Gasteiger partial charge in [-0.25, -0.2) is 14.8 Å². The van der Waals surface area contributed by atoms with Gasteiger partial charge >= 0.3 is 5.97 Å². The molecule has 0 radical (unpaired) electrons. The molecule has 6 heteroatoms. The average molecular weight is 279 g/mol. The second-order valence-electron chi connectivity index (χ2n) is 3.66. The van der Waals surface area contributed by atoms with Gasteiger partial charge in [-0.3, -0.25) is 0 Å². The molecule has 0 spiro atoms. The summed E-state index contributed by atoms with van der Waals surface area (Å²) < 4.78 is 5.33. The molecular weight excluding hydrogens is 268 g/mol. The van der Waals surface area contributed by atoms with E-state index in [1.54, 1.807) is 24.3 Å². The Bertz CT molecular complexity index is 599. The van der Waals surface area contributed by atoms with Gasteiger partial charge in [0.25, 0.3) is 0 Å². The number of carboxylic acid groups (broad SMARTS) is 1. The number of ether oxygens (including phenoxy) is 1. The van der Waals surface area contributed by atoms with Gasteiger partial charge in [-0.1, -0.05) is 11.6 Å². The minimum atomic E-state index is -1.15. The molecular formula is C13H11ClN2O3. The number of halogens is 1. The summed E-state index contributed by atoms with van der Waals surface area (Å²) in [6, 6.07) is 7.16. The topological polar surface area (TPSA) is 72.3 Å². The fourth-order valence-electron chi connectivity index (χ4n) is 1.51. The predicted molar refractivity (Wildman–Crippen MR) is 70.6 cm³/mol. The van der Waals surface area contributed by atoms with E-state index < -0.39 is 5.97 Å². The molecule has 98 valence electrons. The van der Waals surface area contributed by atoms with E-state index in [4.69, 9.17) is 21.4 Å². The van der Waals surface area contributed by atoms with E-state index in [9.17, 15) is 4.79 Å². The van der Waals surface area contributed by atoms with Crippen LogP contribution in [0, 0.1) is 0 Å². The Morgan fingerprint density at radius 1 is 1.37 bits per heavy atom. The summed E-state index contributed by atoms with van der Waals surface area (Å²) in [7, 11) is 0. The van der Waals surface area contributed by atoms with Crippen LogP contribution in [0.4, 0.5) is 0 Å². The van der Waals surface area contributed by atoms with E-state index in [0.29, 0.717) is 12.4 Å². The molecule has 0 amide bonds. The second kappa shape index (κ2) is 5.67. The van der Waals surface area contributed by atoms with Crippen molar-refractivity contribution in [1.82, 2.24) is 9.97 Å². The predicted octanol–water partition coefficient (Wildman–Crippen LogP) is 2.89. The molecule has 2 rings (SSSR count). The van der Waals surface area contributed by atoms with Crippen LogP contribution in [-0.2, 0) is 0 Å². The van der Waals surface area contributed by atoms with Crippen LogP contribution in [0.1, 0.15) is 17.3 Å². The van der Waals surface area contributed by atoms with Crippen LogP contribution < -0.4 is 4.74 Å². The summed E-state index contributed by atoms with van der Waals surface area (Å²) in [6.07, 6.45) is 1.20. The lowest BCUT2D eigenvalue weighted by Crippen LogP contribution is -2.01. The Labute approximate surface area is 114 Å². The monoisotopic (exact) mass is 278 g/mol. The molecule has 0 aliphatic heterocycles. The van der Waals surface area contributed by atoms with Crippen molar-refractivity contribution in [2.75, 3.05) is 6.61 Å². The SMILES string of the molecule is CCOc1ccc(-c2ncc(C(=O)O)c(Cl)n2)cc1. The third-order valence-electron chi connectivity index (χ3n) is 2.40. The van der Waals surface area contributed by atoms with Crippen LogP contribution in [-0.4, -0.2) is 27.7 Å². The van der Waals surface area contributed by atoms with Crippen molar-refractivity contribution in [3.8, 4) is 17.1 Å². The summed E-state index contributed by atoms with van der Waals surface area (Å²) >= 11 is 5.80. The Morgan fingerprint density at radius 3 is 2.58 bits per heavy atom. The van der Waals surface area contributed by atoms with Gasteiger partial charge in [0.2, 0.25) is 0 Å². The molecule has 0 aliphatic rings. The third-order valence-corrected chi connectivity index (χ3v) is 2.68. The molecule has 0 unspecified atom stereocenters. The van der Waals surface area contributed by atoms with Crippen molar-refractivity contribution in [1.29, 1.82) is 0 Å². The number of hydrogen-bond acceptors (Lipinski definition) is 4. The molecule has 1 heterocycles. The normalized spacial score (nSPS) is 10.2. The van der Waals surface area contributed by atoms with Crippen molar-refractivity contribution in [3.63, 3.8) is 0 Å². The smallest absolute Gasteiger partial charge is 0.340 e. The zero-order valence-electron chi connectivity index (χ0n) is 10.1. The Hall–Kier alpha value is -2.14. The van der Waals surface area contributed by atoms with Gasteiger partial charge in [-0.15, -0.1) is 0 Å². The maximum atomic E-state index is 10.8. The van der Waals surface area contributed by atoms with Crippen molar-refractivity contribution < 1.29 is 14.6 Å². The maximum absolute atomic E-state index is 10.8. The first kappa shape index (κ1) is 13.3. The fraction of sp³-hybridized carbons (Fsp3) is 0.154. The number of hydrogen-bond donors (Lipinski definition) is 1. The molecule has 0 saturated carbocycles. The number of carboxylic acids is 1. The first-order valence-electron chi connectivity index (χ1n) is 5.61. The summed E-state index contributed by atoms with van der Waals surface area (Å²) in [5.41, 5.74) is 0.624. The maximum Gasteiger partial charge on any atom is 0.340 e. The Balaban J connectivity index is 2.31. The standard InChI is InChI=1S/C13H11ClN2O3/c1-2-19-9-5-3-8(4-6-9)12-15-7-10(13(17)18)11(14)16-12/h3-7H,2H2,1H3,(H,17,18). The summed E-state index contributed by atoms with van der Waals surface area (Å²) in [4.78, 5) is 18.8. The molecule has 0 bridgehead atoms. The van der Waals surface area contributed by atoms with Gasteiger partial charge in [-0.2, -0.15) is 0 Å². The molecule has 0 atom stereocenters. The van der Waals surface area contributed by atoms with Crippen LogP contribution in [0.5, 0.6) is 5.75 Å². The zero-order chi connectivity index (χ0) is 13.8. The first-order valence-corrected chi connectivity index (χ1v) is 5.98. The number of rotatable bonds is 4. The molecule has 0 saturated heterocycles. The van der Waals surface area contributed by atoms with Gasteiger partial charge < -0.3 is 9.84 Å². The molecule has 2 aromatic rings. The summed E-state index contributed by atoms with van der Waals surface area (Å²) in [5, 5.41) is 8.76. The second-order valence-corrected chi connectivity index (χ2v) is 4.02. The summed E-state index contributed by atoms with van der Waals surface area (Å²) in [5.74, 6) is -0.0270. The molecule has 0 fully saturated rings. The van der Waals surface area contributed by atoms with Crippen molar-refractivity contribution in [2.24, 2.45) is 0 Å². The molecule has 1 N–H and O–H groups in total. The van der Waals surface area contributed by atoms with Crippen molar-refractivity contribution in [2.45, 2.75) is 6.92 Å². The van der Waals surface area contributed by atoms with Gasteiger partial charge in [0.05, 0.1) is 6.61 Å². The summed E-state index contributed by atoms with van der Waals surface area (Å²) in [6.45, 7) is 2.50. The molecule has 0 aliphatic carbocycles. The van der Waals surface area contributed by atoms with Crippen LogP contribution in [0.25, 0.3) is 11.4 Å². The van der Waals surface area contributed by atoms with E-state index in [-0.39, 0.29) is 10.7 Å². The van der Waals surface area contributed by atoms with Gasteiger partial charge in [0, 0.05) is 11.8 Å². The highest BCUT2D eigenvalue weighted by Crippen LogP contribution is 2.22. The minimum absolute atomic E-state index is 0.0774. The molecule has 1 aromatic carbocycles. The van der Waals surface area contributed by atoms with Crippen molar-refractivity contribution >= 4 is 17.6 Å². The first-order chi connectivity index (χ1) is 9.11. The lowest BCUT2D eigenvalue weighted by atomic mass is 10.2. The largest absolute Gasteiger partial charge is 0.494 e. The lowest BCUT2D eigenvalue weighted by Gasteiger charge is -2.05. The van der Waals surface area contributed by atoms with Crippen LogP contribution in [0.15, 0.2) is 30.5 Å². The van der Waals surface area contributed by atoms with Crippen LogP contribution in [0.3, 0.4) is 0 Å². The fourth-order valence-corrected chi connectivity index (χ4v) is 1.72. The van der Waals surface area contributed by atoms with E-state index in [2.05, 4.69) is 9.97 Å². The lowest BCUT2D eigenvalue weighted by molar-refractivity contribution is 0.0696. The highest BCUT2D eigenvalue weighted by Gasteiger charge is 2.12. The highest BCUT2D eigenvalue weighted by atomic mass is 35.5. The van der Waals surface area contributed by atoms with E-state index in [1.807, 2.05) is 6.92 Å². The Morgan fingerprint density at radius 2 is 2.05 bits per heavy atom. The van der Waals surface area contributed by atoms with E-state index >= 15 is 0 Å². The Kier molecular flexibility index (Phi) is 3.97. The van der Waals surface area contributed by atoms with Crippen molar-refractivity contribution in [3.05, 3.63) is 41.2 Å². The number of carbonyl (C=O) groups is 1. The number of nitrogens with zero attached hydrogens (tertiary/aromatic N) is 2. The number of aromatic nitrogens is 2. The highest BCUT2D eigenvalue weighted by molar-refractivity contribution is 6.32. The molecule has 19 heavy (non-hydrogen) atoms. The van der Waals surface area contributed by atoms with Gasteiger partial charge in [0.15, 0.2) is 5.82 Å². The van der Waals surface area contributed by atoms with E-state index in [1.165, 1.54) is 6.20 Å². The molecule has 5 nitrogen and oxygen atoms in total. The molecule has 1 aromatic heterocycles. The van der Waals surface area contributed by atoms with E-state index in [0.717, 1.165) is 11.3 Å². The van der Waals surface area contributed by atoms with Gasteiger partial charge in [-0.05, 0) is 31.2 Å². The third kappa shape index (κ3) is 3.00. The van der Waals surface area contributed by atoms with Crippen LogP contribution >= 0.6 is 11.6 Å². The quantitative estimate of drug-likeness (QED) is 0.871. The zero-order valence-corrected chi connectivity index (χ0v) is 10.9. The number of aromatic carboxylic acids is 1. The number of benzene rings is 1.